The van der Waals surface area contributed by atoms with Gasteiger partial charge in [-0.25, -0.2) is 19.3 Å². The molecule has 0 spiro atoms. The van der Waals surface area contributed by atoms with E-state index in [4.69, 9.17) is 4.74 Å². The molecule has 3 aromatic rings. The van der Waals surface area contributed by atoms with Gasteiger partial charge < -0.3 is 15.2 Å². The number of carbonyl (C=O) groups excluding carboxylic acids is 1. The third-order valence-electron chi connectivity index (χ3n) is 3.88. The first kappa shape index (κ1) is 17.4. The molecule has 2 aromatic heterocycles. The molecular formula is C18H18N4O4. The smallest absolute Gasteiger partial charge is 0.341 e. The van der Waals surface area contributed by atoms with Crippen LogP contribution in [0, 0.1) is 0 Å². The van der Waals surface area contributed by atoms with Crippen LogP contribution in [0.5, 0.6) is 0 Å². The minimum atomic E-state index is -1.07. The summed E-state index contributed by atoms with van der Waals surface area (Å²) < 4.78 is 6.80. The van der Waals surface area contributed by atoms with E-state index in [1.54, 1.807) is 36.0 Å². The lowest BCUT2D eigenvalue weighted by atomic mass is 10.1. The average molecular weight is 354 g/mol. The van der Waals surface area contributed by atoms with Crippen molar-refractivity contribution < 1.29 is 19.4 Å². The molecule has 0 atom stereocenters. The predicted molar refractivity (Wildman–Crippen MR) is 95.8 cm³/mol. The molecule has 0 saturated heterocycles. The molecule has 8 nitrogen and oxygen atoms in total. The number of aryl methyl sites for hydroxylation is 1. The van der Waals surface area contributed by atoms with Gasteiger partial charge in [-0.3, -0.25) is 0 Å². The maximum atomic E-state index is 12.3. The molecule has 2 heterocycles. The number of pyridine rings is 1. The monoisotopic (exact) mass is 354 g/mol. The van der Waals surface area contributed by atoms with Crippen molar-refractivity contribution in [2.24, 2.45) is 0 Å². The number of esters is 1. The van der Waals surface area contributed by atoms with E-state index >= 15 is 0 Å². The van der Waals surface area contributed by atoms with Gasteiger partial charge in [-0.05, 0) is 26.0 Å². The molecular weight excluding hydrogens is 336 g/mol. The van der Waals surface area contributed by atoms with Crippen molar-refractivity contribution in [3.8, 4) is 0 Å². The van der Waals surface area contributed by atoms with Gasteiger partial charge in [-0.15, -0.1) is 0 Å². The highest BCUT2D eigenvalue weighted by molar-refractivity contribution is 6.06. The number of rotatable bonds is 6. The number of carbonyl (C=O) groups is 2. The lowest BCUT2D eigenvalue weighted by Crippen LogP contribution is -2.11. The van der Waals surface area contributed by atoms with Crippen molar-refractivity contribution >= 4 is 34.3 Å². The Morgan fingerprint density at radius 2 is 1.96 bits per heavy atom. The summed E-state index contributed by atoms with van der Waals surface area (Å²) in [6.07, 6.45) is 3.01. The maximum absolute atomic E-state index is 12.3. The molecule has 0 aliphatic heterocycles. The van der Waals surface area contributed by atoms with Gasteiger partial charge >= 0.3 is 11.9 Å². The van der Waals surface area contributed by atoms with Crippen LogP contribution < -0.4 is 5.32 Å². The third kappa shape index (κ3) is 3.08. The third-order valence-corrected chi connectivity index (χ3v) is 3.88. The number of aromatic nitrogens is 3. The van der Waals surface area contributed by atoms with E-state index in [-0.39, 0.29) is 17.7 Å². The molecule has 0 amide bonds. The second-order valence-corrected chi connectivity index (χ2v) is 5.44. The molecule has 3 rings (SSSR count). The summed E-state index contributed by atoms with van der Waals surface area (Å²) >= 11 is 0. The van der Waals surface area contributed by atoms with E-state index in [9.17, 15) is 14.7 Å². The Hall–Kier alpha value is -3.42. The second kappa shape index (κ2) is 7.22. The number of carboxylic acid groups (broad SMARTS) is 1. The highest BCUT2D eigenvalue weighted by Gasteiger charge is 2.20. The molecule has 26 heavy (non-hydrogen) atoms. The van der Waals surface area contributed by atoms with Crippen LogP contribution in [-0.4, -0.2) is 38.4 Å². The van der Waals surface area contributed by atoms with Crippen LogP contribution in [0.3, 0.4) is 0 Å². The number of para-hydroxylation sites is 1. The highest BCUT2D eigenvalue weighted by Crippen LogP contribution is 2.31. The quantitative estimate of drug-likeness (QED) is 0.655. The molecule has 134 valence electrons. The fourth-order valence-corrected chi connectivity index (χ4v) is 2.67. The van der Waals surface area contributed by atoms with Gasteiger partial charge in [0.15, 0.2) is 5.65 Å². The molecule has 8 heteroatoms. The van der Waals surface area contributed by atoms with Gasteiger partial charge in [0.25, 0.3) is 0 Å². The van der Waals surface area contributed by atoms with Crippen molar-refractivity contribution in [3.63, 3.8) is 0 Å². The van der Waals surface area contributed by atoms with E-state index in [2.05, 4.69) is 15.4 Å². The van der Waals surface area contributed by atoms with Crippen molar-refractivity contribution in [1.82, 2.24) is 14.8 Å². The molecule has 0 aliphatic carbocycles. The molecule has 1 aromatic carbocycles. The van der Waals surface area contributed by atoms with Crippen LogP contribution in [0.15, 0.2) is 36.7 Å². The van der Waals surface area contributed by atoms with Gasteiger partial charge in [-0.2, -0.15) is 5.10 Å². The van der Waals surface area contributed by atoms with Gasteiger partial charge in [0.2, 0.25) is 0 Å². The largest absolute Gasteiger partial charge is 0.478 e. The first-order valence-corrected chi connectivity index (χ1v) is 8.17. The summed E-state index contributed by atoms with van der Waals surface area (Å²) in [7, 11) is 0. The summed E-state index contributed by atoms with van der Waals surface area (Å²) in [4.78, 5) is 28.2. The fraction of sp³-hybridized carbons (Fsp3) is 0.222. The maximum Gasteiger partial charge on any atom is 0.341 e. The first-order chi connectivity index (χ1) is 12.6. The average Bonchev–Trinajstić information content (AvgIpc) is 3.06. The van der Waals surface area contributed by atoms with E-state index in [1.807, 2.05) is 6.92 Å². The minimum Gasteiger partial charge on any atom is -0.478 e. The van der Waals surface area contributed by atoms with Gasteiger partial charge in [0, 0.05) is 12.7 Å². The molecule has 0 unspecified atom stereocenters. The molecule has 0 saturated carbocycles. The van der Waals surface area contributed by atoms with Crippen molar-refractivity contribution in [3.05, 3.63) is 47.8 Å². The SMILES string of the molecule is CCOC(=O)c1cnc2c(cnn2CC)c1Nc1ccccc1C(=O)O. The molecule has 0 aliphatic rings. The van der Waals surface area contributed by atoms with Gasteiger partial charge in [0.05, 0.1) is 35.1 Å². The van der Waals surface area contributed by atoms with Crippen molar-refractivity contribution in [1.29, 1.82) is 0 Å². The highest BCUT2D eigenvalue weighted by atomic mass is 16.5. The summed E-state index contributed by atoms with van der Waals surface area (Å²) in [5.41, 5.74) is 1.69. The number of benzene rings is 1. The van der Waals surface area contributed by atoms with Crippen molar-refractivity contribution in [2.45, 2.75) is 20.4 Å². The van der Waals surface area contributed by atoms with Gasteiger partial charge in [-0.1, -0.05) is 12.1 Å². The number of nitrogens with zero attached hydrogens (tertiary/aromatic N) is 3. The zero-order chi connectivity index (χ0) is 18.7. The Balaban J connectivity index is 2.19. The molecule has 0 radical (unpaired) electrons. The fourth-order valence-electron chi connectivity index (χ4n) is 2.67. The number of aromatic carboxylic acids is 1. The Bertz CT molecular complexity index is 980. The summed E-state index contributed by atoms with van der Waals surface area (Å²) in [5.74, 6) is -1.61. The standard InChI is InChI=1S/C18H18N4O4/c1-3-22-16-12(10-20-22)15(13(9-19-16)18(25)26-4-2)21-14-8-6-5-7-11(14)17(23)24/h5-10H,3-4H2,1-2H3,(H,19,21)(H,23,24). The Morgan fingerprint density at radius 1 is 1.19 bits per heavy atom. The molecule has 0 fully saturated rings. The van der Waals surface area contributed by atoms with Crippen LogP contribution in [0.2, 0.25) is 0 Å². The number of ether oxygens (including phenoxy) is 1. The zero-order valence-corrected chi connectivity index (χ0v) is 14.4. The second-order valence-electron chi connectivity index (χ2n) is 5.44. The van der Waals surface area contributed by atoms with Crippen LogP contribution in [0.1, 0.15) is 34.6 Å². The lowest BCUT2D eigenvalue weighted by Gasteiger charge is -2.14. The Labute approximate surface area is 149 Å². The number of hydrogen-bond acceptors (Lipinski definition) is 6. The van der Waals surface area contributed by atoms with E-state index in [0.29, 0.717) is 29.0 Å². The number of anilines is 2. The molecule has 2 N–H and O–H groups in total. The van der Waals surface area contributed by atoms with Gasteiger partial charge in [0.1, 0.15) is 5.56 Å². The van der Waals surface area contributed by atoms with Crippen LogP contribution in [-0.2, 0) is 11.3 Å². The number of nitrogens with one attached hydrogen (secondary N) is 1. The molecule has 0 bridgehead atoms. The number of fused-ring (bicyclic) bond motifs is 1. The van der Waals surface area contributed by atoms with Crippen LogP contribution in [0.4, 0.5) is 11.4 Å². The number of hydrogen-bond donors (Lipinski definition) is 2. The first-order valence-electron chi connectivity index (χ1n) is 8.17. The summed E-state index contributed by atoms with van der Waals surface area (Å²) in [5, 5.41) is 17.3. The van der Waals surface area contributed by atoms with E-state index in [1.165, 1.54) is 12.3 Å². The van der Waals surface area contributed by atoms with E-state index < -0.39 is 11.9 Å². The summed E-state index contributed by atoms with van der Waals surface area (Å²) in [6, 6.07) is 6.47. The topological polar surface area (TPSA) is 106 Å². The number of carboxylic acids is 1. The predicted octanol–water partition coefficient (Wildman–Crippen LogP) is 3.07. The van der Waals surface area contributed by atoms with Crippen LogP contribution in [0.25, 0.3) is 11.0 Å². The minimum absolute atomic E-state index is 0.0927. The van der Waals surface area contributed by atoms with Crippen LogP contribution >= 0.6 is 0 Å². The summed E-state index contributed by atoms with van der Waals surface area (Å²) in [6.45, 7) is 4.47. The van der Waals surface area contributed by atoms with Crippen molar-refractivity contribution in [2.75, 3.05) is 11.9 Å². The lowest BCUT2D eigenvalue weighted by molar-refractivity contribution is 0.0527. The van der Waals surface area contributed by atoms with E-state index in [0.717, 1.165) is 0 Å². The zero-order valence-electron chi connectivity index (χ0n) is 14.4. The normalized spacial score (nSPS) is 10.7. The Morgan fingerprint density at radius 3 is 2.65 bits per heavy atom. The Kier molecular flexibility index (Phi) is 4.83.